The first kappa shape index (κ1) is 17.6. The van der Waals surface area contributed by atoms with Crippen molar-refractivity contribution in [1.29, 1.82) is 0 Å². The molecule has 0 spiro atoms. The van der Waals surface area contributed by atoms with Gasteiger partial charge in [0.25, 0.3) is 0 Å². The third-order valence-corrected chi connectivity index (χ3v) is 4.89. The lowest BCUT2D eigenvalue weighted by Gasteiger charge is -2.17. The summed E-state index contributed by atoms with van der Waals surface area (Å²) in [6, 6.07) is 14.5. The van der Waals surface area contributed by atoms with E-state index in [1.807, 2.05) is 23.1 Å². The second-order valence-corrected chi connectivity index (χ2v) is 6.80. The Bertz CT molecular complexity index is 714. The molecule has 2 aromatic rings. The molecule has 3 rings (SSSR count). The van der Waals surface area contributed by atoms with Gasteiger partial charge in [0.05, 0.1) is 6.61 Å². The molecule has 4 heteroatoms. The Kier molecular flexibility index (Phi) is 5.82. The van der Waals surface area contributed by atoms with Crippen LogP contribution < -0.4 is 0 Å². The lowest BCUT2D eigenvalue weighted by atomic mass is 9.98. The van der Waals surface area contributed by atoms with Crippen LogP contribution in [-0.4, -0.2) is 29.0 Å². The molecular formula is C21H24FNO2. The Morgan fingerprint density at radius 3 is 2.60 bits per heavy atom. The van der Waals surface area contributed by atoms with E-state index in [2.05, 4.69) is 12.1 Å². The fourth-order valence-electron chi connectivity index (χ4n) is 3.44. The number of rotatable bonds is 6. The van der Waals surface area contributed by atoms with Crippen molar-refractivity contribution in [2.24, 2.45) is 5.92 Å². The van der Waals surface area contributed by atoms with Crippen LogP contribution in [0.25, 0.3) is 0 Å². The number of carbonyl (C=O) groups excluding carboxylic acids is 1. The van der Waals surface area contributed by atoms with Crippen molar-refractivity contribution < 1.29 is 14.3 Å². The number of aliphatic hydroxyl groups excluding tert-OH is 1. The molecule has 1 saturated heterocycles. The topological polar surface area (TPSA) is 40.5 Å². The lowest BCUT2D eigenvalue weighted by molar-refractivity contribution is -0.130. The van der Waals surface area contributed by atoms with Crippen molar-refractivity contribution in [1.82, 2.24) is 4.90 Å². The Labute approximate surface area is 148 Å². The van der Waals surface area contributed by atoms with Crippen molar-refractivity contribution in [3.8, 4) is 0 Å². The largest absolute Gasteiger partial charge is 0.392 e. The maximum atomic E-state index is 13.2. The number of aliphatic hydroxyl groups is 1. The Hall–Kier alpha value is -2.20. The zero-order valence-corrected chi connectivity index (χ0v) is 14.3. The van der Waals surface area contributed by atoms with E-state index in [4.69, 9.17) is 5.11 Å². The fraction of sp³-hybridized carbons (Fsp3) is 0.381. The van der Waals surface area contributed by atoms with Crippen molar-refractivity contribution in [2.45, 2.75) is 32.3 Å². The first-order valence-corrected chi connectivity index (χ1v) is 8.85. The molecule has 1 aliphatic heterocycles. The molecule has 1 atom stereocenters. The van der Waals surface area contributed by atoms with Gasteiger partial charge in [-0.25, -0.2) is 4.39 Å². The normalized spacial score (nSPS) is 17.0. The highest BCUT2D eigenvalue weighted by atomic mass is 19.1. The third-order valence-electron chi connectivity index (χ3n) is 4.89. The van der Waals surface area contributed by atoms with E-state index in [9.17, 15) is 9.18 Å². The van der Waals surface area contributed by atoms with Crippen LogP contribution in [0, 0.1) is 11.7 Å². The molecule has 0 radical (unpaired) electrons. The molecule has 1 fully saturated rings. The minimum absolute atomic E-state index is 0.0668. The molecule has 0 aliphatic carbocycles. The van der Waals surface area contributed by atoms with Gasteiger partial charge in [-0.05, 0) is 54.0 Å². The number of nitrogens with zero attached hydrogens (tertiary/aromatic N) is 1. The first-order valence-electron chi connectivity index (χ1n) is 8.85. The van der Waals surface area contributed by atoms with Crippen LogP contribution in [-0.2, 0) is 24.2 Å². The summed E-state index contributed by atoms with van der Waals surface area (Å²) >= 11 is 0. The molecular weight excluding hydrogens is 317 g/mol. The maximum Gasteiger partial charge on any atom is 0.222 e. The van der Waals surface area contributed by atoms with Gasteiger partial charge in [0, 0.05) is 19.5 Å². The van der Waals surface area contributed by atoms with E-state index < -0.39 is 0 Å². The number of halogens is 1. The van der Waals surface area contributed by atoms with Crippen LogP contribution >= 0.6 is 0 Å². The second kappa shape index (κ2) is 8.26. The molecule has 1 amide bonds. The minimum Gasteiger partial charge on any atom is -0.392 e. The summed E-state index contributed by atoms with van der Waals surface area (Å²) < 4.78 is 13.2. The molecule has 2 aromatic carbocycles. The van der Waals surface area contributed by atoms with Crippen molar-refractivity contribution in [2.75, 3.05) is 13.1 Å². The van der Waals surface area contributed by atoms with Crippen LogP contribution in [0.5, 0.6) is 0 Å². The highest BCUT2D eigenvalue weighted by molar-refractivity contribution is 5.76. The van der Waals surface area contributed by atoms with Crippen LogP contribution in [0.2, 0.25) is 0 Å². The number of amides is 1. The Morgan fingerprint density at radius 2 is 1.88 bits per heavy atom. The highest BCUT2D eigenvalue weighted by Gasteiger charge is 2.25. The minimum atomic E-state index is -0.251. The van der Waals surface area contributed by atoms with Gasteiger partial charge in [-0.3, -0.25) is 4.79 Å². The number of hydrogen-bond donors (Lipinski definition) is 1. The zero-order valence-electron chi connectivity index (χ0n) is 14.3. The monoisotopic (exact) mass is 341 g/mol. The molecule has 0 aromatic heterocycles. The van der Waals surface area contributed by atoms with E-state index in [1.54, 1.807) is 6.07 Å². The van der Waals surface area contributed by atoms with Gasteiger partial charge < -0.3 is 10.0 Å². The van der Waals surface area contributed by atoms with Crippen LogP contribution in [0.3, 0.4) is 0 Å². The number of aryl methyl sites for hydroxylation is 1. The standard InChI is InChI=1S/C21H24FNO2/c22-20-3-1-2-16(13-20)8-9-21(25)23-11-10-19(14-23)12-17-4-6-18(15-24)7-5-17/h1-7,13,19,24H,8-12,14-15H2/t19-/m1/s1. The summed E-state index contributed by atoms with van der Waals surface area (Å²) in [5.74, 6) is 0.388. The molecule has 1 aliphatic rings. The number of benzene rings is 2. The summed E-state index contributed by atoms with van der Waals surface area (Å²) in [5, 5.41) is 9.09. The Balaban J connectivity index is 1.47. The van der Waals surface area contributed by atoms with Crippen molar-refractivity contribution in [3.63, 3.8) is 0 Å². The van der Waals surface area contributed by atoms with E-state index in [1.165, 1.54) is 17.7 Å². The molecule has 1 N–H and O–H groups in total. The predicted octanol–water partition coefficient (Wildman–Crippen LogP) is 3.34. The maximum absolute atomic E-state index is 13.2. The fourth-order valence-corrected chi connectivity index (χ4v) is 3.44. The molecule has 3 nitrogen and oxygen atoms in total. The van der Waals surface area contributed by atoms with E-state index >= 15 is 0 Å². The van der Waals surface area contributed by atoms with E-state index in [0.717, 1.165) is 37.1 Å². The van der Waals surface area contributed by atoms with Crippen molar-refractivity contribution in [3.05, 3.63) is 71.0 Å². The second-order valence-electron chi connectivity index (χ2n) is 6.80. The van der Waals surface area contributed by atoms with Crippen LogP contribution in [0.15, 0.2) is 48.5 Å². The van der Waals surface area contributed by atoms with Gasteiger partial charge in [0.1, 0.15) is 5.82 Å². The van der Waals surface area contributed by atoms with Gasteiger partial charge in [0.15, 0.2) is 0 Å². The zero-order chi connectivity index (χ0) is 17.6. The highest BCUT2D eigenvalue weighted by Crippen LogP contribution is 2.22. The summed E-state index contributed by atoms with van der Waals surface area (Å²) in [6.07, 6.45) is 2.99. The van der Waals surface area contributed by atoms with Crippen molar-refractivity contribution >= 4 is 5.91 Å². The van der Waals surface area contributed by atoms with Crippen LogP contribution in [0.4, 0.5) is 4.39 Å². The summed E-state index contributed by atoms with van der Waals surface area (Å²) in [7, 11) is 0. The SMILES string of the molecule is O=C(CCc1cccc(F)c1)N1CC[C@H](Cc2ccc(CO)cc2)C1. The summed E-state index contributed by atoms with van der Waals surface area (Å²) in [4.78, 5) is 14.3. The first-order chi connectivity index (χ1) is 12.1. The van der Waals surface area contributed by atoms with E-state index in [0.29, 0.717) is 18.8 Å². The van der Waals surface area contributed by atoms with Gasteiger partial charge in [0.2, 0.25) is 5.91 Å². The van der Waals surface area contributed by atoms with Gasteiger partial charge in [-0.15, -0.1) is 0 Å². The van der Waals surface area contributed by atoms with Gasteiger partial charge in [-0.2, -0.15) is 0 Å². The average Bonchev–Trinajstić information content (AvgIpc) is 3.09. The molecule has 0 saturated carbocycles. The van der Waals surface area contributed by atoms with Crippen LogP contribution in [0.1, 0.15) is 29.5 Å². The average molecular weight is 341 g/mol. The summed E-state index contributed by atoms with van der Waals surface area (Å²) in [5.41, 5.74) is 3.04. The predicted molar refractivity (Wildman–Crippen MR) is 95.5 cm³/mol. The lowest BCUT2D eigenvalue weighted by Crippen LogP contribution is -2.29. The van der Waals surface area contributed by atoms with E-state index in [-0.39, 0.29) is 18.3 Å². The summed E-state index contributed by atoms with van der Waals surface area (Å²) in [6.45, 7) is 1.67. The molecule has 1 heterocycles. The molecule has 0 unspecified atom stereocenters. The molecule has 0 bridgehead atoms. The number of carbonyl (C=O) groups is 1. The Morgan fingerprint density at radius 1 is 1.12 bits per heavy atom. The molecule has 132 valence electrons. The molecule has 25 heavy (non-hydrogen) atoms. The van der Waals surface area contributed by atoms with Gasteiger partial charge in [-0.1, -0.05) is 36.4 Å². The third kappa shape index (κ3) is 4.89. The quantitative estimate of drug-likeness (QED) is 0.875. The van der Waals surface area contributed by atoms with Gasteiger partial charge >= 0.3 is 0 Å². The smallest absolute Gasteiger partial charge is 0.222 e. The number of hydrogen-bond acceptors (Lipinski definition) is 2. The number of likely N-dealkylation sites (tertiary alicyclic amines) is 1.